The Morgan fingerprint density at radius 1 is 1.42 bits per heavy atom. The van der Waals surface area contributed by atoms with Crippen molar-refractivity contribution in [1.29, 1.82) is 0 Å². The number of nitrogens with zero attached hydrogens (tertiary/aromatic N) is 1. The average molecular weight is 170 g/mol. The van der Waals surface area contributed by atoms with Crippen LogP contribution < -0.4 is 5.73 Å². The van der Waals surface area contributed by atoms with Crippen molar-refractivity contribution >= 4 is 0 Å². The van der Waals surface area contributed by atoms with Gasteiger partial charge in [-0.2, -0.15) is 0 Å². The minimum Gasteiger partial charge on any atom is -0.379 e. The van der Waals surface area contributed by atoms with Crippen LogP contribution in [0.25, 0.3) is 0 Å². The molecule has 1 aliphatic carbocycles. The first kappa shape index (κ1) is 8.48. The van der Waals surface area contributed by atoms with Crippen LogP contribution in [0.1, 0.15) is 19.8 Å². The molecule has 3 heteroatoms. The molecule has 1 heterocycles. The molecule has 2 rings (SSSR count). The lowest BCUT2D eigenvalue weighted by atomic mass is 9.85. The Morgan fingerprint density at radius 3 is 2.75 bits per heavy atom. The molecule has 3 nitrogen and oxygen atoms in total. The van der Waals surface area contributed by atoms with Crippen LogP contribution >= 0.6 is 0 Å². The van der Waals surface area contributed by atoms with E-state index in [1.807, 2.05) is 0 Å². The molecule has 2 N–H and O–H groups in total. The van der Waals surface area contributed by atoms with Gasteiger partial charge in [0.15, 0.2) is 0 Å². The normalized spacial score (nSPS) is 44.0. The van der Waals surface area contributed by atoms with E-state index in [2.05, 4.69) is 11.8 Å². The quantitative estimate of drug-likeness (QED) is 0.611. The number of hydrogen-bond acceptors (Lipinski definition) is 3. The summed E-state index contributed by atoms with van der Waals surface area (Å²) in [4.78, 5) is 2.55. The van der Waals surface area contributed by atoms with Gasteiger partial charge in [0.1, 0.15) is 0 Å². The molecule has 2 aliphatic rings. The minimum atomic E-state index is 0.463. The molecule has 0 aromatic heterocycles. The van der Waals surface area contributed by atoms with Crippen LogP contribution in [-0.2, 0) is 4.74 Å². The van der Waals surface area contributed by atoms with Crippen molar-refractivity contribution in [2.45, 2.75) is 37.9 Å². The molecule has 0 radical (unpaired) electrons. The monoisotopic (exact) mass is 170 g/mol. The maximum atomic E-state index is 5.76. The summed E-state index contributed by atoms with van der Waals surface area (Å²) in [6.07, 6.45) is 2.37. The summed E-state index contributed by atoms with van der Waals surface area (Å²) in [6.45, 7) is 5.13. The number of hydrogen-bond donors (Lipinski definition) is 1. The van der Waals surface area contributed by atoms with Gasteiger partial charge in [-0.15, -0.1) is 0 Å². The summed E-state index contributed by atoms with van der Waals surface area (Å²) in [5, 5.41) is 0. The zero-order valence-corrected chi connectivity index (χ0v) is 7.70. The molecular weight excluding hydrogens is 152 g/mol. The molecule has 0 aromatic rings. The third kappa shape index (κ3) is 1.49. The summed E-state index contributed by atoms with van der Waals surface area (Å²) in [7, 11) is 0. The first-order valence-electron chi connectivity index (χ1n) is 4.86. The van der Waals surface area contributed by atoms with Crippen LogP contribution in [0.4, 0.5) is 0 Å². The fourth-order valence-electron chi connectivity index (χ4n) is 2.18. The lowest BCUT2D eigenvalue weighted by Crippen LogP contribution is -2.57. The maximum absolute atomic E-state index is 5.76. The first-order chi connectivity index (χ1) is 5.77. The van der Waals surface area contributed by atoms with Gasteiger partial charge >= 0.3 is 0 Å². The van der Waals surface area contributed by atoms with Crippen LogP contribution in [0.3, 0.4) is 0 Å². The maximum Gasteiger partial charge on any atom is 0.0619 e. The Labute approximate surface area is 73.9 Å². The molecule has 12 heavy (non-hydrogen) atoms. The summed E-state index contributed by atoms with van der Waals surface area (Å²) in [6, 6.07) is 1.81. The van der Waals surface area contributed by atoms with Crippen molar-refractivity contribution in [2.24, 2.45) is 5.73 Å². The number of rotatable bonds is 1. The highest BCUT2D eigenvalue weighted by atomic mass is 16.5. The second-order valence-corrected chi connectivity index (χ2v) is 4.05. The van der Waals surface area contributed by atoms with E-state index in [-0.39, 0.29) is 0 Å². The molecule has 0 amide bonds. The van der Waals surface area contributed by atoms with E-state index in [0.29, 0.717) is 12.1 Å². The fraction of sp³-hybridized carbons (Fsp3) is 1.00. The highest BCUT2D eigenvalue weighted by Crippen LogP contribution is 2.26. The molecule has 2 fully saturated rings. The Balaban J connectivity index is 1.85. The van der Waals surface area contributed by atoms with Crippen molar-refractivity contribution < 1.29 is 4.74 Å². The zero-order valence-electron chi connectivity index (χ0n) is 7.70. The summed E-state index contributed by atoms with van der Waals surface area (Å²) in [5.74, 6) is 0. The number of morpholine rings is 1. The highest BCUT2D eigenvalue weighted by molar-refractivity contribution is 4.92. The SMILES string of the molecule is CC1COCCN1C1CC(N)C1. The molecule has 0 aromatic carbocycles. The Morgan fingerprint density at radius 2 is 2.17 bits per heavy atom. The second kappa shape index (κ2) is 3.32. The number of nitrogens with two attached hydrogens (primary N) is 1. The highest BCUT2D eigenvalue weighted by Gasteiger charge is 2.34. The summed E-state index contributed by atoms with van der Waals surface area (Å²) in [5.41, 5.74) is 5.76. The fourth-order valence-corrected chi connectivity index (χ4v) is 2.18. The molecule has 1 saturated carbocycles. The van der Waals surface area contributed by atoms with Crippen LogP contribution in [0.15, 0.2) is 0 Å². The minimum absolute atomic E-state index is 0.463. The standard InChI is InChI=1S/C9H18N2O/c1-7-6-12-3-2-11(7)9-4-8(10)5-9/h7-9H,2-6,10H2,1H3. The molecular formula is C9H18N2O. The second-order valence-electron chi connectivity index (χ2n) is 4.05. The Hall–Kier alpha value is -0.120. The van der Waals surface area contributed by atoms with Gasteiger partial charge in [-0.1, -0.05) is 0 Å². The molecule has 70 valence electrons. The Kier molecular flexibility index (Phi) is 2.35. The van der Waals surface area contributed by atoms with Gasteiger partial charge in [0.25, 0.3) is 0 Å². The van der Waals surface area contributed by atoms with Gasteiger partial charge in [0.2, 0.25) is 0 Å². The van der Waals surface area contributed by atoms with Crippen molar-refractivity contribution in [2.75, 3.05) is 19.8 Å². The Bertz CT molecular complexity index is 157. The van der Waals surface area contributed by atoms with Crippen molar-refractivity contribution in [1.82, 2.24) is 4.90 Å². The van der Waals surface area contributed by atoms with E-state index < -0.39 is 0 Å². The van der Waals surface area contributed by atoms with Gasteiger partial charge in [-0.3, -0.25) is 4.90 Å². The van der Waals surface area contributed by atoms with Crippen molar-refractivity contribution in [3.63, 3.8) is 0 Å². The van der Waals surface area contributed by atoms with E-state index in [1.165, 1.54) is 12.8 Å². The van der Waals surface area contributed by atoms with E-state index in [4.69, 9.17) is 10.5 Å². The molecule has 0 spiro atoms. The van der Waals surface area contributed by atoms with Gasteiger partial charge < -0.3 is 10.5 Å². The lowest BCUT2D eigenvalue weighted by Gasteiger charge is -2.46. The van der Waals surface area contributed by atoms with Crippen molar-refractivity contribution in [3.8, 4) is 0 Å². The summed E-state index contributed by atoms with van der Waals surface area (Å²) >= 11 is 0. The third-order valence-corrected chi connectivity index (χ3v) is 3.04. The lowest BCUT2D eigenvalue weighted by molar-refractivity contribution is -0.0425. The van der Waals surface area contributed by atoms with Crippen LogP contribution in [-0.4, -0.2) is 42.8 Å². The topological polar surface area (TPSA) is 38.5 Å². The van der Waals surface area contributed by atoms with Gasteiger partial charge in [-0.25, -0.2) is 0 Å². The first-order valence-corrected chi connectivity index (χ1v) is 4.86. The average Bonchev–Trinajstić information content (AvgIpc) is 2.01. The van der Waals surface area contributed by atoms with Gasteiger partial charge in [0, 0.05) is 24.7 Å². The van der Waals surface area contributed by atoms with Crippen LogP contribution in [0.5, 0.6) is 0 Å². The van der Waals surface area contributed by atoms with E-state index in [0.717, 1.165) is 25.8 Å². The molecule has 1 aliphatic heterocycles. The molecule has 0 bridgehead atoms. The predicted octanol–water partition coefficient (Wildman–Crippen LogP) is 0.197. The van der Waals surface area contributed by atoms with E-state index in [9.17, 15) is 0 Å². The zero-order chi connectivity index (χ0) is 8.55. The van der Waals surface area contributed by atoms with Gasteiger partial charge in [0.05, 0.1) is 13.2 Å². The predicted molar refractivity (Wildman–Crippen MR) is 48.0 cm³/mol. The van der Waals surface area contributed by atoms with Crippen LogP contribution in [0.2, 0.25) is 0 Å². The third-order valence-electron chi connectivity index (χ3n) is 3.04. The van der Waals surface area contributed by atoms with Crippen LogP contribution in [0, 0.1) is 0 Å². The molecule has 1 saturated heterocycles. The van der Waals surface area contributed by atoms with E-state index >= 15 is 0 Å². The molecule has 1 atom stereocenters. The smallest absolute Gasteiger partial charge is 0.0619 e. The summed E-state index contributed by atoms with van der Waals surface area (Å²) < 4.78 is 5.38. The largest absolute Gasteiger partial charge is 0.379 e. The number of ether oxygens (including phenoxy) is 1. The van der Waals surface area contributed by atoms with Crippen molar-refractivity contribution in [3.05, 3.63) is 0 Å². The van der Waals surface area contributed by atoms with E-state index in [1.54, 1.807) is 0 Å². The van der Waals surface area contributed by atoms with Gasteiger partial charge in [-0.05, 0) is 19.8 Å². The molecule has 1 unspecified atom stereocenters.